The maximum Gasteiger partial charge on any atom is 0.162 e. The van der Waals surface area contributed by atoms with Crippen molar-refractivity contribution in [1.82, 2.24) is 4.98 Å². The zero-order chi connectivity index (χ0) is 17.1. The van der Waals surface area contributed by atoms with Crippen LogP contribution in [0.4, 0.5) is 11.4 Å². The average Bonchev–Trinajstić information content (AvgIpc) is 2.61. The van der Waals surface area contributed by atoms with Crippen molar-refractivity contribution >= 4 is 22.3 Å². The van der Waals surface area contributed by atoms with E-state index < -0.39 is 0 Å². The first-order chi connectivity index (χ1) is 11.6. The molecule has 5 nitrogen and oxygen atoms in total. The minimum atomic E-state index is 0.129. The van der Waals surface area contributed by atoms with E-state index in [0.29, 0.717) is 11.5 Å². The van der Waals surface area contributed by atoms with Gasteiger partial charge < -0.3 is 20.5 Å². The van der Waals surface area contributed by atoms with Crippen LogP contribution in [0.3, 0.4) is 0 Å². The number of nitrogen functional groups attached to an aromatic ring is 1. The Kier molecular flexibility index (Phi) is 4.42. The Hall–Kier alpha value is -2.95. The molecule has 0 bridgehead atoms. The van der Waals surface area contributed by atoms with E-state index >= 15 is 0 Å². The van der Waals surface area contributed by atoms with Crippen LogP contribution in [0.2, 0.25) is 0 Å². The molecule has 5 heteroatoms. The van der Waals surface area contributed by atoms with Gasteiger partial charge in [-0.1, -0.05) is 12.1 Å². The second kappa shape index (κ2) is 6.66. The van der Waals surface area contributed by atoms with Crippen LogP contribution in [0.15, 0.2) is 48.7 Å². The number of nitrogens with one attached hydrogen (secondary N) is 1. The molecule has 3 N–H and O–H groups in total. The molecular weight excluding hydrogens is 302 g/mol. The van der Waals surface area contributed by atoms with E-state index in [1.54, 1.807) is 20.4 Å². The Morgan fingerprint density at radius 3 is 2.33 bits per heavy atom. The normalized spacial score (nSPS) is 12.0. The Morgan fingerprint density at radius 2 is 1.67 bits per heavy atom. The molecule has 0 aliphatic carbocycles. The van der Waals surface area contributed by atoms with E-state index in [9.17, 15) is 0 Å². The number of pyridine rings is 1. The van der Waals surface area contributed by atoms with Gasteiger partial charge in [0.25, 0.3) is 0 Å². The van der Waals surface area contributed by atoms with E-state index in [-0.39, 0.29) is 6.04 Å². The first-order valence-electron chi connectivity index (χ1n) is 7.75. The number of anilines is 2. The zero-order valence-corrected chi connectivity index (χ0v) is 14.0. The molecular formula is C19H21N3O2. The van der Waals surface area contributed by atoms with Crippen LogP contribution in [0.5, 0.6) is 11.5 Å². The summed E-state index contributed by atoms with van der Waals surface area (Å²) in [7, 11) is 3.25. The highest BCUT2D eigenvalue weighted by Gasteiger charge is 2.12. The van der Waals surface area contributed by atoms with Crippen molar-refractivity contribution in [3.05, 3.63) is 54.2 Å². The monoisotopic (exact) mass is 323 g/mol. The standard InChI is InChI=1S/C19H21N3O2/c1-12(13-4-6-14(20)7-5-13)22-16-8-9-21-17-11-19(24-3)18(23-2)10-15(16)17/h4-12H,20H2,1-3H3,(H,21,22). The van der Waals surface area contributed by atoms with Gasteiger partial charge >= 0.3 is 0 Å². The molecule has 0 saturated heterocycles. The summed E-state index contributed by atoms with van der Waals surface area (Å²) in [5, 5.41) is 4.52. The van der Waals surface area contributed by atoms with Crippen molar-refractivity contribution in [2.75, 3.05) is 25.3 Å². The average molecular weight is 323 g/mol. The summed E-state index contributed by atoms with van der Waals surface area (Å²) in [6, 6.07) is 13.8. The highest BCUT2D eigenvalue weighted by Crippen LogP contribution is 2.35. The van der Waals surface area contributed by atoms with Crippen LogP contribution in [-0.4, -0.2) is 19.2 Å². The number of fused-ring (bicyclic) bond motifs is 1. The molecule has 1 unspecified atom stereocenters. The van der Waals surface area contributed by atoms with Gasteiger partial charge in [0.2, 0.25) is 0 Å². The first kappa shape index (κ1) is 15.9. The second-order valence-electron chi connectivity index (χ2n) is 5.62. The minimum absolute atomic E-state index is 0.129. The molecule has 0 amide bonds. The molecule has 1 heterocycles. The summed E-state index contributed by atoms with van der Waals surface area (Å²) in [6.45, 7) is 2.11. The molecule has 0 aliphatic heterocycles. The molecule has 0 spiro atoms. The predicted molar refractivity (Wildman–Crippen MR) is 97.7 cm³/mol. The Morgan fingerprint density at radius 1 is 1.00 bits per heavy atom. The lowest BCUT2D eigenvalue weighted by Gasteiger charge is -2.18. The van der Waals surface area contributed by atoms with E-state index in [1.165, 1.54) is 0 Å². The molecule has 24 heavy (non-hydrogen) atoms. The highest BCUT2D eigenvalue weighted by atomic mass is 16.5. The fraction of sp³-hybridized carbons (Fsp3) is 0.211. The molecule has 1 aromatic heterocycles. The van der Waals surface area contributed by atoms with E-state index in [4.69, 9.17) is 15.2 Å². The van der Waals surface area contributed by atoms with E-state index in [0.717, 1.165) is 27.8 Å². The van der Waals surface area contributed by atoms with E-state index in [2.05, 4.69) is 17.2 Å². The number of methoxy groups -OCH3 is 2. The van der Waals surface area contributed by atoms with Gasteiger partial charge in [-0.2, -0.15) is 0 Å². The van der Waals surface area contributed by atoms with Gasteiger partial charge in [0.05, 0.1) is 19.7 Å². The van der Waals surface area contributed by atoms with Gasteiger partial charge in [-0.3, -0.25) is 4.98 Å². The molecule has 124 valence electrons. The summed E-state index contributed by atoms with van der Waals surface area (Å²) in [4.78, 5) is 4.43. The van der Waals surface area contributed by atoms with E-state index in [1.807, 2.05) is 42.5 Å². The lowest BCUT2D eigenvalue weighted by Crippen LogP contribution is -2.07. The number of hydrogen-bond donors (Lipinski definition) is 2. The predicted octanol–water partition coefficient (Wildman–Crippen LogP) is 4.01. The van der Waals surface area contributed by atoms with Gasteiger partial charge in [0.15, 0.2) is 11.5 Å². The second-order valence-corrected chi connectivity index (χ2v) is 5.62. The molecule has 0 radical (unpaired) electrons. The zero-order valence-electron chi connectivity index (χ0n) is 14.0. The lowest BCUT2D eigenvalue weighted by atomic mass is 10.1. The van der Waals surface area contributed by atoms with Crippen LogP contribution in [0.25, 0.3) is 10.9 Å². The lowest BCUT2D eigenvalue weighted by molar-refractivity contribution is 0.356. The van der Waals surface area contributed by atoms with Crippen molar-refractivity contribution in [3.8, 4) is 11.5 Å². The largest absolute Gasteiger partial charge is 0.493 e. The highest BCUT2D eigenvalue weighted by molar-refractivity contribution is 5.93. The third kappa shape index (κ3) is 3.06. The van der Waals surface area contributed by atoms with Crippen LogP contribution < -0.4 is 20.5 Å². The van der Waals surface area contributed by atoms with Crippen molar-refractivity contribution < 1.29 is 9.47 Å². The van der Waals surface area contributed by atoms with Crippen molar-refractivity contribution in [1.29, 1.82) is 0 Å². The van der Waals surface area contributed by atoms with Gasteiger partial charge in [-0.15, -0.1) is 0 Å². The van der Waals surface area contributed by atoms with Crippen LogP contribution in [-0.2, 0) is 0 Å². The van der Waals surface area contributed by atoms with Crippen LogP contribution >= 0.6 is 0 Å². The van der Waals surface area contributed by atoms with Crippen molar-refractivity contribution in [2.24, 2.45) is 0 Å². The van der Waals surface area contributed by atoms with Gasteiger partial charge in [-0.25, -0.2) is 0 Å². The van der Waals surface area contributed by atoms with Gasteiger partial charge in [-0.05, 0) is 36.8 Å². The number of hydrogen-bond acceptors (Lipinski definition) is 5. The summed E-state index contributed by atoms with van der Waals surface area (Å²) in [6.07, 6.45) is 1.78. The maximum atomic E-state index is 5.76. The summed E-state index contributed by atoms with van der Waals surface area (Å²) >= 11 is 0. The van der Waals surface area contributed by atoms with Crippen molar-refractivity contribution in [2.45, 2.75) is 13.0 Å². The number of benzene rings is 2. The van der Waals surface area contributed by atoms with Crippen LogP contribution in [0, 0.1) is 0 Å². The summed E-state index contributed by atoms with van der Waals surface area (Å²) in [5.74, 6) is 1.35. The Bertz CT molecular complexity index is 847. The fourth-order valence-corrected chi connectivity index (χ4v) is 2.70. The number of rotatable bonds is 5. The quantitative estimate of drug-likeness (QED) is 0.694. The minimum Gasteiger partial charge on any atom is -0.493 e. The number of nitrogens with two attached hydrogens (primary N) is 1. The summed E-state index contributed by atoms with van der Waals surface area (Å²) in [5.41, 5.74) is 9.52. The molecule has 0 fully saturated rings. The van der Waals surface area contributed by atoms with Gasteiger partial charge in [0, 0.05) is 35.1 Å². The Balaban J connectivity index is 1.98. The molecule has 1 atom stereocenters. The maximum absolute atomic E-state index is 5.76. The van der Waals surface area contributed by atoms with Gasteiger partial charge in [0.1, 0.15) is 0 Å². The first-order valence-corrected chi connectivity index (χ1v) is 7.75. The third-order valence-electron chi connectivity index (χ3n) is 4.06. The summed E-state index contributed by atoms with van der Waals surface area (Å²) < 4.78 is 10.8. The SMILES string of the molecule is COc1cc2nccc(NC(C)c3ccc(N)cc3)c2cc1OC. The third-order valence-corrected chi connectivity index (χ3v) is 4.06. The molecule has 2 aromatic carbocycles. The number of ether oxygens (including phenoxy) is 2. The smallest absolute Gasteiger partial charge is 0.162 e. The topological polar surface area (TPSA) is 69.4 Å². The molecule has 3 rings (SSSR count). The fourth-order valence-electron chi connectivity index (χ4n) is 2.70. The van der Waals surface area contributed by atoms with Crippen LogP contribution in [0.1, 0.15) is 18.5 Å². The number of aromatic nitrogens is 1. The van der Waals surface area contributed by atoms with Crippen molar-refractivity contribution in [3.63, 3.8) is 0 Å². The number of nitrogens with zero attached hydrogens (tertiary/aromatic N) is 1. The molecule has 3 aromatic rings. The molecule has 0 aliphatic rings. The Labute approximate surface area is 141 Å². The molecule has 0 saturated carbocycles.